The number of rotatable bonds is 3. The van der Waals surface area contributed by atoms with Crippen molar-refractivity contribution in [3.63, 3.8) is 0 Å². The molecule has 2 amide bonds. The Labute approximate surface area is 211 Å². The van der Waals surface area contributed by atoms with Crippen molar-refractivity contribution in [2.24, 2.45) is 10.9 Å². The summed E-state index contributed by atoms with van der Waals surface area (Å²) in [6.45, 7) is 7.87. The molecule has 0 aliphatic carbocycles. The molecule has 9 nitrogen and oxygen atoms in total. The molecule has 2 N–H and O–H groups in total. The van der Waals surface area contributed by atoms with Crippen molar-refractivity contribution in [2.45, 2.75) is 70.3 Å². The highest BCUT2D eigenvalue weighted by atomic mass is 32.2. The molecule has 0 aromatic carbocycles. The van der Waals surface area contributed by atoms with Gasteiger partial charge >= 0.3 is 12.2 Å². The molecule has 0 unspecified atom stereocenters. The Morgan fingerprint density at radius 1 is 1.17 bits per heavy atom. The van der Waals surface area contributed by atoms with Crippen molar-refractivity contribution >= 4 is 46.3 Å². The Balaban J connectivity index is 2.09. The molecular weight excluding hydrogens is 502 g/mol. The number of imide groups is 1. The van der Waals surface area contributed by atoms with Crippen LogP contribution < -0.4 is 5.73 Å². The first-order chi connectivity index (χ1) is 16.1. The average molecular weight is 535 g/mol. The van der Waals surface area contributed by atoms with Gasteiger partial charge in [-0.3, -0.25) is 0 Å². The van der Waals surface area contributed by atoms with Crippen LogP contribution in [0.1, 0.15) is 53.0 Å². The van der Waals surface area contributed by atoms with Gasteiger partial charge in [0, 0.05) is 17.1 Å². The monoisotopic (exact) mass is 534 g/mol. The normalized spacial score (nSPS) is 24.2. The van der Waals surface area contributed by atoms with Crippen LogP contribution in [0.25, 0.3) is 0 Å². The van der Waals surface area contributed by atoms with Gasteiger partial charge in [-0.15, -0.1) is 11.3 Å². The van der Waals surface area contributed by atoms with Crippen LogP contribution in [0.5, 0.6) is 0 Å². The predicted octanol–water partition coefficient (Wildman–Crippen LogP) is 4.91. The quantitative estimate of drug-likeness (QED) is 0.582. The number of thioether (sulfide) groups is 1. The third kappa shape index (κ3) is 6.05. The molecule has 35 heavy (non-hydrogen) atoms. The first-order valence-corrected chi connectivity index (χ1v) is 13.0. The molecule has 2 atom stereocenters. The number of amidine groups is 1. The molecule has 1 saturated heterocycles. The summed E-state index contributed by atoms with van der Waals surface area (Å²) in [7, 11) is 0. The summed E-state index contributed by atoms with van der Waals surface area (Å²) in [5, 5.41) is 2.12. The summed E-state index contributed by atoms with van der Waals surface area (Å²) in [5.41, 5.74) is 1.32. The van der Waals surface area contributed by atoms with Gasteiger partial charge in [0.15, 0.2) is 5.17 Å². The van der Waals surface area contributed by atoms with Gasteiger partial charge in [0.25, 0.3) is 0 Å². The van der Waals surface area contributed by atoms with Crippen LogP contribution in [0.4, 0.5) is 24.2 Å². The maximum Gasteiger partial charge on any atom is 0.426 e. The van der Waals surface area contributed by atoms with Gasteiger partial charge in [-0.1, -0.05) is 11.8 Å². The second-order valence-corrected chi connectivity index (χ2v) is 12.5. The minimum Gasteiger partial charge on any atom is -0.443 e. The molecule has 0 radical (unpaired) electrons. The van der Waals surface area contributed by atoms with Gasteiger partial charge in [-0.2, -0.15) is 4.90 Å². The molecule has 0 spiro atoms. The minimum absolute atomic E-state index is 0.0233. The van der Waals surface area contributed by atoms with Gasteiger partial charge in [-0.25, -0.2) is 28.3 Å². The third-order valence-corrected chi connectivity index (χ3v) is 7.45. The van der Waals surface area contributed by atoms with E-state index >= 15 is 0 Å². The van der Waals surface area contributed by atoms with E-state index in [1.165, 1.54) is 11.3 Å². The number of nitrogens with two attached hydrogens (primary N) is 1. The second kappa shape index (κ2) is 9.81. The van der Waals surface area contributed by atoms with E-state index in [4.69, 9.17) is 24.9 Å². The summed E-state index contributed by atoms with van der Waals surface area (Å²) in [4.78, 5) is 36.2. The summed E-state index contributed by atoms with van der Waals surface area (Å²) >= 11 is 2.33. The van der Waals surface area contributed by atoms with E-state index in [2.05, 4.69) is 4.98 Å². The number of alkyl halides is 2. The topological polar surface area (TPSA) is 116 Å². The molecule has 1 fully saturated rings. The Kier molecular flexibility index (Phi) is 7.74. The molecule has 0 saturated carbocycles. The van der Waals surface area contributed by atoms with E-state index in [0.29, 0.717) is 10.8 Å². The van der Waals surface area contributed by atoms with Gasteiger partial charge in [0.05, 0.1) is 6.61 Å². The van der Waals surface area contributed by atoms with Crippen molar-refractivity contribution in [3.8, 4) is 0 Å². The number of hydrogen-bond acceptors (Lipinski definition) is 10. The third-order valence-electron chi connectivity index (χ3n) is 5.32. The Hall–Kier alpha value is -1.99. The fourth-order valence-electron chi connectivity index (χ4n) is 3.71. The number of nitrogen functional groups attached to an aromatic ring is 1. The number of aliphatic imine (C=N–C) groups is 1. The number of thiazole rings is 1. The average Bonchev–Trinajstić information content (AvgIpc) is 3.17. The fraction of sp³-hybridized carbons (Fsp3) is 0.727. The zero-order valence-electron chi connectivity index (χ0n) is 20.7. The summed E-state index contributed by atoms with van der Waals surface area (Å²) < 4.78 is 44.2. The zero-order chi connectivity index (χ0) is 26.2. The molecule has 196 valence electrons. The molecular formula is C22H32F2N4O5S2. The summed E-state index contributed by atoms with van der Waals surface area (Å²) in [6, 6.07) is 0. The summed E-state index contributed by atoms with van der Waals surface area (Å²) in [6.07, 6.45) is -1.87. The van der Waals surface area contributed by atoms with E-state index < -0.39 is 47.9 Å². The number of anilines is 1. The van der Waals surface area contributed by atoms with Crippen LogP contribution in [0.3, 0.4) is 0 Å². The molecule has 2 aliphatic rings. The maximum atomic E-state index is 13.8. The smallest absolute Gasteiger partial charge is 0.426 e. The number of carbonyl (C=O) groups excluding carboxylic acids is 2. The highest BCUT2D eigenvalue weighted by Gasteiger charge is 2.56. The van der Waals surface area contributed by atoms with Crippen LogP contribution >= 0.6 is 23.1 Å². The van der Waals surface area contributed by atoms with Gasteiger partial charge < -0.3 is 19.9 Å². The van der Waals surface area contributed by atoms with E-state index in [1.54, 1.807) is 46.9 Å². The van der Waals surface area contributed by atoms with Gasteiger partial charge in [-0.05, 0) is 48.0 Å². The number of aromatic nitrogens is 1. The number of hydrogen-bond donors (Lipinski definition) is 1. The maximum absolute atomic E-state index is 13.8. The van der Waals surface area contributed by atoms with Crippen LogP contribution in [-0.4, -0.2) is 69.8 Å². The Morgan fingerprint density at radius 2 is 1.74 bits per heavy atom. The van der Waals surface area contributed by atoms with Crippen molar-refractivity contribution in [3.05, 3.63) is 10.4 Å². The van der Waals surface area contributed by atoms with Crippen LogP contribution in [0.2, 0.25) is 0 Å². The number of fused-ring (bicyclic) bond motifs is 1. The van der Waals surface area contributed by atoms with Crippen molar-refractivity contribution in [1.82, 2.24) is 9.88 Å². The SMILES string of the molecule is CC(C)(C)OC(=O)N(C(=O)OC(C)(C)C)C1=N[C@@]2(c3nc(N)cs3)COC(CF)(CF)C[C@H]2CS1. The molecule has 1 aromatic heterocycles. The number of ether oxygens (including phenoxy) is 3. The van der Waals surface area contributed by atoms with E-state index in [0.717, 1.165) is 16.7 Å². The minimum atomic E-state index is -1.57. The molecule has 0 bridgehead atoms. The first-order valence-electron chi connectivity index (χ1n) is 11.1. The molecule has 13 heteroatoms. The lowest BCUT2D eigenvalue weighted by Crippen LogP contribution is -2.57. The van der Waals surface area contributed by atoms with Crippen molar-refractivity contribution < 1.29 is 32.6 Å². The number of carbonyl (C=O) groups is 2. The van der Waals surface area contributed by atoms with E-state index in [1.807, 2.05) is 0 Å². The van der Waals surface area contributed by atoms with Crippen molar-refractivity contribution in [1.29, 1.82) is 0 Å². The molecule has 3 heterocycles. The lowest BCUT2D eigenvalue weighted by molar-refractivity contribution is -0.149. The van der Waals surface area contributed by atoms with Crippen LogP contribution in [0, 0.1) is 5.92 Å². The van der Waals surface area contributed by atoms with Crippen molar-refractivity contribution in [2.75, 3.05) is 31.4 Å². The first kappa shape index (κ1) is 27.6. The number of halogens is 2. The van der Waals surface area contributed by atoms with E-state index in [-0.39, 0.29) is 29.9 Å². The van der Waals surface area contributed by atoms with E-state index in [9.17, 15) is 18.4 Å². The van der Waals surface area contributed by atoms with Crippen LogP contribution in [-0.2, 0) is 19.7 Å². The highest BCUT2D eigenvalue weighted by Crippen LogP contribution is 2.50. The second-order valence-electron chi connectivity index (χ2n) is 10.6. The highest BCUT2D eigenvalue weighted by molar-refractivity contribution is 8.13. The van der Waals surface area contributed by atoms with Gasteiger partial charge in [0.1, 0.15) is 46.5 Å². The summed E-state index contributed by atoms with van der Waals surface area (Å²) in [5.74, 6) is 0.171. The molecule has 2 aliphatic heterocycles. The Bertz CT molecular complexity index is 959. The lowest BCUT2D eigenvalue weighted by Gasteiger charge is -2.49. The van der Waals surface area contributed by atoms with Gasteiger partial charge in [0.2, 0.25) is 0 Å². The molecule has 1 aromatic rings. The number of nitrogens with zero attached hydrogens (tertiary/aromatic N) is 3. The standard InChI is InChI=1S/C22H32F2N4O5S2/c1-19(2,3)32-17(29)28(18(30)33-20(4,5)6)16-27-22(15-26-14(25)9-34-15)12-31-21(10-23,11-24)7-13(22)8-35-16/h9,13H,7-8,10-12,25H2,1-6H3/t13-,22-/m0/s1. The largest absolute Gasteiger partial charge is 0.443 e. The molecule has 3 rings (SSSR count). The van der Waals surface area contributed by atoms with Crippen LogP contribution in [0.15, 0.2) is 10.4 Å². The zero-order valence-corrected chi connectivity index (χ0v) is 22.4. The predicted molar refractivity (Wildman–Crippen MR) is 131 cm³/mol. The lowest BCUT2D eigenvalue weighted by atomic mass is 9.76. The number of amides is 2. The fourth-order valence-corrected chi connectivity index (χ4v) is 5.88. The Morgan fingerprint density at radius 3 is 2.20 bits per heavy atom.